The second kappa shape index (κ2) is 8.58. The third-order valence-corrected chi connectivity index (χ3v) is 5.48. The molecule has 2 aromatic heterocycles. The number of carbonyl (C=O) groups excluding carboxylic acids is 1. The first-order valence-electron chi connectivity index (χ1n) is 9.99. The highest BCUT2D eigenvalue weighted by Gasteiger charge is 2.27. The highest BCUT2D eigenvalue weighted by Crippen LogP contribution is 2.24. The monoisotopic (exact) mass is 446 g/mol. The lowest BCUT2D eigenvalue weighted by atomic mass is 10.0. The average Bonchev–Trinajstić information content (AvgIpc) is 3.17. The van der Waals surface area contributed by atoms with Gasteiger partial charge in [0.15, 0.2) is 11.6 Å². The van der Waals surface area contributed by atoms with Gasteiger partial charge >= 0.3 is 0 Å². The molecular weight excluding hydrogens is 425 g/mol. The van der Waals surface area contributed by atoms with Crippen molar-refractivity contribution in [1.29, 1.82) is 0 Å². The van der Waals surface area contributed by atoms with Gasteiger partial charge < -0.3 is 15.2 Å². The molecule has 11 heteroatoms. The minimum absolute atomic E-state index is 0.0814. The van der Waals surface area contributed by atoms with E-state index in [2.05, 4.69) is 10.3 Å². The van der Waals surface area contributed by atoms with E-state index >= 15 is 0 Å². The fraction of sp³-hybridized carbons (Fsp3) is 0.333. The number of aromatic nitrogens is 4. The summed E-state index contributed by atoms with van der Waals surface area (Å²) in [5.41, 5.74) is 7.77. The predicted octanol–water partition coefficient (Wildman–Crippen LogP) is 1.36. The highest BCUT2D eigenvalue weighted by atomic mass is 19.2. The fourth-order valence-electron chi connectivity index (χ4n) is 3.74. The molecule has 1 aromatic carbocycles. The van der Waals surface area contributed by atoms with Crippen molar-refractivity contribution < 1.29 is 18.0 Å². The first-order valence-corrected chi connectivity index (χ1v) is 9.99. The molecule has 8 nitrogen and oxygen atoms in total. The number of hydrogen-bond acceptors (Lipinski definition) is 5. The molecule has 0 saturated carbocycles. The molecule has 3 heterocycles. The van der Waals surface area contributed by atoms with E-state index in [4.69, 9.17) is 5.73 Å². The van der Waals surface area contributed by atoms with Gasteiger partial charge in [-0.25, -0.2) is 17.9 Å². The molecule has 0 aliphatic carbocycles. The third-order valence-electron chi connectivity index (χ3n) is 5.48. The topological polar surface area (TPSA) is 99.0 Å². The van der Waals surface area contributed by atoms with Crippen LogP contribution in [-0.4, -0.2) is 43.0 Å². The zero-order chi connectivity index (χ0) is 23.0. The summed E-state index contributed by atoms with van der Waals surface area (Å²) in [5.74, 6) is -3.59. The minimum Gasteiger partial charge on any atom is -0.335 e. The summed E-state index contributed by atoms with van der Waals surface area (Å²) >= 11 is 0. The maximum atomic E-state index is 13.9. The summed E-state index contributed by atoms with van der Waals surface area (Å²) in [6.45, 7) is 1.08. The van der Waals surface area contributed by atoms with E-state index < -0.39 is 23.5 Å². The summed E-state index contributed by atoms with van der Waals surface area (Å²) in [6, 6.07) is 3.55. The summed E-state index contributed by atoms with van der Waals surface area (Å²) in [6.07, 6.45) is 1.46. The Bertz CT molecular complexity index is 1240. The van der Waals surface area contributed by atoms with E-state index in [9.17, 15) is 22.8 Å². The maximum Gasteiger partial charge on any atom is 0.250 e. The molecule has 0 saturated heterocycles. The van der Waals surface area contributed by atoms with Crippen molar-refractivity contribution in [1.82, 2.24) is 24.5 Å². The number of rotatable bonds is 5. The molecule has 2 N–H and O–H groups in total. The number of hydrogen-bond donors (Lipinski definition) is 1. The maximum absolute atomic E-state index is 13.9. The van der Waals surface area contributed by atoms with Gasteiger partial charge in [-0.3, -0.25) is 9.59 Å². The molecule has 0 spiro atoms. The number of nitrogens with two attached hydrogens (primary N) is 1. The van der Waals surface area contributed by atoms with Gasteiger partial charge in [-0.15, -0.1) is 5.10 Å². The van der Waals surface area contributed by atoms with Gasteiger partial charge in [0.05, 0.1) is 18.8 Å². The quantitative estimate of drug-likeness (QED) is 0.597. The van der Waals surface area contributed by atoms with Gasteiger partial charge in [0.2, 0.25) is 11.5 Å². The number of aryl methyl sites for hydroxylation is 1. The van der Waals surface area contributed by atoms with Crippen molar-refractivity contribution >= 4 is 5.91 Å². The molecule has 168 valence electrons. The number of nitrogens with zero attached hydrogens (tertiary/aromatic N) is 5. The Morgan fingerprint density at radius 3 is 2.66 bits per heavy atom. The molecule has 4 rings (SSSR count). The normalized spacial score (nSPS) is 14.3. The van der Waals surface area contributed by atoms with E-state index in [1.807, 2.05) is 0 Å². The van der Waals surface area contributed by atoms with E-state index in [0.717, 1.165) is 11.8 Å². The zero-order valence-electron chi connectivity index (χ0n) is 17.3. The Hall–Kier alpha value is -3.47. The van der Waals surface area contributed by atoms with Crippen molar-refractivity contribution in [2.45, 2.75) is 32.0 Å². The van der Waals surface area contributed by atoms with E-state index in [0.29, 0.717) is 30.4 Å². The molecule has 32 heavy (non-hydrogen) atoms. The second-order valence-electron chi connectivity index (χ2n) is 7.82. The Labute approximate surface area is 181 Å². The van der Waals surface area contributed by atoms with Crippen LogP contribution >= 0.6 is 0 Å². The number of carbonyl (C=O) groups is 1. The Morgan fingerprint density at radius 1 is 1.16 bits per heavy atom. The molecule has 1 aliphatic heterocycles. The summed E-state index contributed by atoms with van der Waals surface area (Å²) in [5, 5.41) is 8.33. The smallest absolute Gasteiger partial charge is 0.250 e. The third kappa shape index (κ3) is 4.28. The van der Waals surface area contributed by atoms with Crippen molar-refractivity contribution in [2.75, 3.05) is 6.54 Å². The molecule has 1 amide bonds. The van der Waals surface area contributed by atoms with Gasteiger partial charge in [-0.1, -0.05) is 5.21 Å². The lowest BCUT2D eigenvalue weighted by Crippen LogP contribution is -2.41. The number of halogens is 3. The van der Waals surface area contributed by atoms with Crippen LogP contribution in [0.3, 0.4) is 0 Å². The Kier molecular flexibility index (Phi) is 5.83. The molecule has 0 unspecified atom stereocenters. The predicted molar refractivity (Wildman–Crippen MR) is 109 cm³/mol. The van der Waals surface area contributed by atoms with Crippen LogP contribution in [0, 0.1) is 17.5 Å². The number of benzene rings is 1. The van der Waals surface area contributed by atoms with Gasteiger partial charge in [-0.2, -0.15) is 0 Å². The largest absolute Gasteiger partial charge is 0.335 e. The first kappa shape index (κ1) is 21.8. The Morgan fingerprint density at radius 2 is 1.91 bits per heavy atom. The van der Waals surface area contributed by atoms with Crippen LogP contribution in [0.15, 0.2) is 35.3 Å². The average molecular weight is 446 g/mol. The molecule has 0 fully saturated rings. The van der Waals surface area contributed by atoms with Crippen molar-refractivity contribution in [3.63, 3.8) is 0 Å². The van der Waals surface area contributed by atoms with Crippen LogP contribution in [0.2, 0.25) is 0 Å². The summed E-state index contributed by atoms with van der Waals surface area (Å²) < 4.78 is 43.5. The lowest BCUT2D eigenvalue weighted by Gasteiger charge is -2.28. The second-order valence-corrected chi connectivity index (χ2v) is 7.82. The molecule has 1 aliphatic rings. The molecule has 0 bridgehead atoms. The van der Waals surface area contributed by atoms with Crippen LogP contribution in [-0.2, 0) is 31.4 Å². The van der Waals surface area contributed by atoms with E-state index in [1.165, 1.54) is 10.6 Å². The van der Waals surface area contributed by atoms with E-state index in [-0.39, 0.29) is 36.4 Å². The number of fused-ring (bicyclic) bond motifs is 1. The van der Waals surface area contributed by atoms with Crippen LogP contribution in [0.5, 0.6) is 0 Å². The summed E-state index contributed by atoms with van der Waals surface area (Å²) in [7, 11) is 1.63. The van der Waals surface area contributed by atoms with Crippen LogP contribution in [0.4, 0.5) is 13.2 Å². The van der Waals surface area contributed by atoms with Crippen LogP contribution in [0.25, 0.3) is 11.3 Å². The van der Waals surface area contributed by atoms with Crippen molar-refractivity contribution in [2.24, 2.45) is 12.8 Å². The Balaban J connectivity index is 1.46. The minimum atomic E-state index is -1.27. The van der Waals surface area contributed by atoms with Gasteiger partial charge in [0.25, 0.3) is 0 Å². The van der Waals surface area contributed by atoms with Gasteiger partial charge in [0.1, 0.15) is 11.5 Å². The SMILES string of the molecule is Cn1cc(-c2nnn3c2CN(C(=O)C[C@H](N)Cc2cc(F)c(F)cc2F)CC3)ccc1=O. The van der Waals surface area contributed by atoms with Crippen molar-refractivity contribution in [3.05, 3.63) is 69.5 Å². The van der Waals surface area contributed by atoms with Crippen molar-refractivity contribution in [3.8, 4) is 11.3 Å². The standard InChI is InChI=1S/C21H21F3N6O2/c1-28-10-12(2-3-19(28)31)21-18-11-29(4-5-30(18)27-26-21)20(32)8-14(25)6-13-7-16(23)17(24)9-15(13)22/h2-3,7,9-10,14H,4-6,8,11,25H2,1H3/t14-/m1/s1. The van der Waals surface area contributed by atoms with E-state index in [1.54, 1.807) is 28.9 Å². The zero-order valence-corrected chi connectivity index (χ0v) is 17.3. The highest BCUT2D eigenvalue weighted by molar-refractivity contribution is 5.77. The van der Waals surface area contributed by atoms with Crippen LogP contribution < -0.4 is 11.3 Å². The van der Waals surface area contributed by atoms with Crippen LogP contribution in [0.1, 0.15) is 17.7 Å². The molecule has 0 radical (unpaired) electrons. The lowest BCUT2D eigenvalue weighted by molar-refractivity contribution is -0.133. The number of amides is 1. The summed E-state index contributed by atoms with van der Waals surface area (Å²) in [4.78, 5) is 26.1. The fourth-order valence-corrected chi connectivity index (χ4v) is 3.74. The first-order chi connectivity index (χ1) is 15.2. The molecular formula is C21H21F3N6O2. The van der Waals surface area contributed by atoms with Gasteiger partial charge in [0, 0.05) is 49.9 Å². The van der Waals surface area contributed by atoms with Gasteiger partial charge in [-0.05, 0) is 24.1 Å². The number of pyridine rings is 1. The molecule has 3 aromatic rings. The molecule has 1 atom stereocenters.